The molecule has 0 amide bonds. The van der Waals surface area contributed by atoms with Gasteiger partial charge in [0.05, 0.1) is 6.20 Å². The van der Waals surface area contributed by atoms with E-state index in [9.17, 15) is 5.11 Å². The lowest BCUT2D eigenvalue weighted by Gasteiger charge is -2.32. The van der Waals surface area contributed by atoms with Crippen LogP contribution >= 0.6 is 0 Å². The van der Waals surface area contributed by atoms with Crippen molar-refractivity contribution in [2.45, 2.75) is 12.8 Å². The standard InChI is InChI=1S/C20H20N4O2/c25-13-14-4-3-9-23(12-14)20-8-7-19-21-11-16(24(19)22-20)18-10-15-5-1-2-6-17(15)26-18/h1-2,5-8,10-11,14,25H,3-4,9,12-13H2. The molecule has 26 heavy (non-hydrogen) atoms. The third-order valence-electron chi connectivity index (χ3n) is 5.13. The molecular formula is C20H20N4O2. The quantitative estimate of drug-likeness (QED) is 0.615. The first-order chi connectivity index (χ1) is 12.8. The number of para-hydroxylation sites is 1. The molecule has 0 spiro atoms. The van der Waals surface area contributed by atoms with E-state index >= 15 is 0 Å². The van der Waals surface area contributed by atoms with Gasteiger partial charge in [0.2, 0.25) is 0 Å². The summed E-state index contributed by atoms with van der Waals surface area (Å²) in [5.74, 6) is 1.99. The van der Waals surface area contributed by atoms with E-state index in [0.29, 0.717) is 5.92 Å². The number of rotatable bonds is 3. The predicted molar refractivity (Wildman–Crippen MR) is 100 cm³/mol. The summed E-state index contributed by atoms with van der Waals surface area (Å²) in [4.78, 5) is 6.71. The van der Waals surface area contributed by atoms with Crippen LogP contribution in [0.15, 0.2) is 53.1 Å². The van der Waals surface area contributed by atoms with Gasteiger partial charge in [-0.3, -0.25) is 0 Å². The van der Waals surface area contributed by atoms with Crippen molar-refractivity contribution in [2.24, 2.45) is 5.92 Å². The third-order valence-corrected chi connectivity index (χ3v) is 5.13. The van der Waals surface area contributed by atoms with Gasteiger partial charge in [0, 0.05) is 25.1 Å². The van der Waals surface area contributed by atoms with Gasteiger partial charge in [0.25, 0.3) is 0 Å². The molecule has 1 fully saturated rings. The zero-order chi connectivity index (χ0) is 17.5. The highest BCUT2D eigenvalue weighted by molar-refractivity contribution is 5.82. The van der Waals surface area contributed by atoms with Gasteiger partial charge in [-0.05, 0) is 43.0 Å². The minimum Gasteiger partial charge on any atom is -0.454 e. The number of furan rings is 1. The van der Waals surface area contributed by atoms with Crippen LogP contribution in [0.25, 0.3) is 28.1 Å². The Balaban J connectivity index is 1.56. The van der Waals surface area contributed by atoms with E-state index < -0.39 is 0 Å². The number of anilines is 1. The summed E-state index contributed by atoms with van der Waals surface area (Å²) >= 11 is 0. The molecule has 1 atom stereocenters. The fourth-order valence-electron chi connectivity index (χ4n) is 3.73. The van der Waals surface area contributed by atoms with Crippen molar-refractivity contribution < 1.29 is 9.52 Å². The Morgan fingerprint density at radius 1 is 1.19 bits per heavy atom. The second-order valence-electron chi connectivity index (χ2n) is 6.89. The van der Waals surface area contributed by atoms with Crippen LogP contribution in [-0.4, -0.2) is 39.4 Å². The first-order valence-electron chi connectivity index (χ1n) is 9.01. The molecule has 0 saturated carbocycles. The van der Waals surface area contributed by atoms with Gasteiger partial charge in [-0.2, -0.15) is 0 Å². The Kier molecular flexibility index (Phi) is 3.64. The predicted octanol–water partition coefficient (Wildman–Crippen LogP) is 3.35. The maximum absolute atomic E-state index is 9.48. The van der Waals surface area contributed by atoms with Crippen LogP contribution in [0, 0.1) is 5.92 Å². The van der Waals surface area contributed by atoms with E-state index in [-0.39, 0.29) is 6.61 Å². The molecule has 1 aromatic carbocycles. The fourth-order valence-corrected chi connectivity index (χ4v) is 3.73. The zero-order valence-corrected chi connectivity index (χ0v) is 14.4. The number of aliphatic hydroxyl groups excluding tert-OH is 1. The van der Waals surface area contributed by atoms with E-state index in [4.69, 9.17) is 9.52 Å². The average Bonchev–Trinajstić information content (AvgIpc) is 3.31. The summed E-state index contributed by atoms with van der Waals surface area (Å²) in [6.07, 6.45) is 3.95. The molecule has 4 heterocycles. The molecule has 0 aliphatic carbocycles. The topological polar surface area (TPSA) is 66.8 Å². The Bertz CT molecular complexity index is 1030. The van der Waals surface area contributed by atoms with E-state index in [2.05, 4.69) is 9.88 Å². The molecule has 0 radical (unpaired) electrons. The highest BCUT2D eigenvalue weighted by Gasteiger charge is 2.21. The molecule has 5 rings (SSSR count). The minimum atomic E-state index is 0.230. The molecule has 132 valence electrons. The second-order valence-corrected chi connectivity index (χ2v) is 6.89. The lowest BCUT2D eigenvalue weighted by Crippen LogP contribution is -2.37. The Hall–Kier alpha value is -2.86. The Morgan fingerprint density at radius 2 is 2.12 bits per heavy atom. The number of fused-ring (bicyclic) bond motifs is 2. The highest BCUT2D eigenvalue weighted by Crippen LogP contribution is 2.29. The number of aliphatic hydroxyl groups is 1. The highest BCUT2D eigenvalue weighted by atomic mass is 16.3. The molecular weight excluding hydrogens is 328 g/mol. The summed E-state index contributed by atoms with van der Waals surface area (Å²) < 4.78 is 7.84. The molecule has 1 saturated heterocycles. The number of nitrogens with zero attached hydrogens (tertiary/aromatic N) is 4. The molecule has 1 N–H and O–H groups in total. The zero-order valence-electron chi connectivity index (χ0n) is 14.4. The molecule has 3 aromatic heterocycles. The van der Waals surface area contributed by atoms with Gasteiger partial charge in [-0.15, -0.1) is 5.10 Å². The van der Waals surface area contributed by atoms with E-state index in [1.807, 2.05) is 47.0 Å². The first-order valence-corrected chi connectivity index (χ1v) is 9.01. The van der Waals surface area contributed by atoms with Crippen molar-refractivity contribution in [1.82, 2.24) is 14.6 Å². The molecule has 4 aromatic rings. The van der Waals surface area contributed by atoms with Crippen molar-refractivity contribution >= 4 is 22.4 Å². The maximum atomic E-state index is 9.48. The van der Waals surface area contributed by atoms with Gasteiger partial charge in [0.1, 0.15) is 17.1 Å². The first kappa shape index (κ1) is 15.4. The lowest BCUT2D eigenvalue weighted by molar-refractivity contribution is 0.208. The van der Waals surface area contributed by atoms with Crippen molar-refractivity contribution in [3.05, 3.63) is 48.7 Å². The van der Waals surface area contributed by atoms with E-state index in [1.165, 1.54) is 0 Å². The number of benzene rings is 1. The smallest absolute Gasteiger partial charge is 0.155 e. The number of aromatic nitrogens is 3. The number of hydrogen-bond acceptors (Lipinski definition) is 5. The summed E-state index contributed by atoms with van der Waals surface area (Å²) in [6, 6.07) is 14.0. The normalized spacial score (nSPS) is 18.0. The van der Waals surface area contributed by atoms with Crippen molar-refractivity contribution in [3.8, 4) is 11.5 Å². The van der Waals surface area contributed by atoms with Crippen LogP contribution in [0.4, 0.5) is 5.82 Å². The third kappa shape index (κ3) is 2.54. The molecule has 6 nitrogen and oxygen atoms in total. The molecule has 1 aliphatic rings. The van der Waals surface area contributed by atoms with Gasteiger partial charge in [-0.25, -0.2) is 9.50 Å². The van der Waals surface area contributed by atoms with Gasteiger partial charge < -0.3 is 14.4 Å². The minimum absolute atomic E-state index is 0.230. The molecule has 1 aliphatic heterocycles. The summed E-state index contributed by atoms with van der Waals surface area (Å²) in [6.45, 7) is 2.03. The molecule has 6 heteroatoms. The number of piperidine rings is 1. The SMILES string of the molecule is OCC1CCCN(c2ccc3ncc(-c4cc5ccccc5o4)n3n2)C1. The summed E-state index contributed by atoms with van der Waals surface area (Å²) in [7, 11) is 0. The number of hydrogen-bond donors (Lipinski definition) is 1. The van der Waals surface area contributed by atoms with Crippen LogP contribution in [0.5, 0.6) is 0 Å². The van der Waals surface area contributed by atoms with E-state index in [1.54, 1.807) is 6.20 Å². The van der Waals surface area contributed by atoms with Crippen molar-refractivity contribution in [3.63, 3.8) is 0 Å². The second kappa shape index (κ2) is 6.14. The van der Waals surface area contributed by atoms with Crippen LogP contribution in [0.1, 0.15) is 12.8 Å². The van der Waals surface area contributed by atoms with Crippen LogP contribution < -0.4 is 4.90 Å². The van der Waals surface area contributed by atoms with Crippen LogP contribution in [-0.2, 0) is 0 Å². The van der Waals surface area contributed by atoms with Gasteiger partial charge in [0.15, 0.2) is 11.4 Å². The number of imidazole rings is 1. The monoisotopic (exact) mass is 348 g/mol. The largest absolute Gasteiger partial charge is 0.454 e. The fraction of sp³-hybridized carbons (Fsp3) is 0.300. The maximum Gasteiger partial charge on any atom is 0.155 e. The van der Waals surface area contributed by atoms with Crippen molar-refractivity contribution in [1.29, 1.82) is 0 Å². The van der Waals surface area contributed by atoms with Crippen LogP contribution in [0.2, 0.25) is 0 Å². The Labute approximate surface area is 150 Å². The Morgan fingerprint density at radius 3 is 3.00 bits per heavy atom. The summed E-state index contributed by atoms with van der Waals surface area (Å²) in [5.41, 5.74) is 2.49. The van der Waals surface area contributed by atoms with E-state index in [0.717, 1.165) is 59.8 Å². The summed E-state index contributed by atoms with van der Waals surface area (Å²) in [5, 5.41) is 15.4. The van der Waals surface area contributed by atoms with Gasteiger partial charge in [-0.1, -0.05) is 18.2 Å². The van der Waals surface area contributed by atoms with Crippen LogP contribution in [0.3, 0.4) is 0 Å². The lowest BCUT2D eigenvalue weighted by atomic mass is 9.99. The molecule has 1 unspecified atom stereocenters. The van der Waals surface area contributed by atoms with Crippen molar-refractivity contribution in [2.75, 3.05) is 24.6 Å². The average molecular weight is 348 g/mol. The van der Waals surface area contributed by atoms with Gasteiger partial charge >= 0.3 is 0 Å². The molecule has 0 bridgehead atoms.